The normalized spacial score (nSPS) is 28.7. The molecule has 1 fully saturated rings. The van der Waals surface area contributed by atoms with Crippen molar-refractivity contribution in [3.63, 3.8) is 0 Å². The SMILES string of the molecule is [N-]=[N+]=NC1CCCC1N=[N+]=[N-]. The molecule has 0 aliphatic heterocycles. The number of hydrogen-bond donors (Lipinski definition) is 0. The summed E-state index contributed by atoms with van der Waals surface area (Å²) in [5.74, 6) is 0. The molecule has 0 bridgehead atoms. The number of azide groups is 2. The zero-order valence-electron chi connectivity index (χ0n) is 5.96. The van der Waals surface area contributed by atoms with E-state index in [9.17, 15) is 0 Å². The van der Waals surface area contributed by atoms with Crippen molar-refractivity contribution in [1.29, 1.82) is 0 Å². The lowest BCUT2D eigenvalue weighted by molar-refractivity contribution is 0.597. The fourth-order valence-electron chi connectivity index (χ4n) is 1.32. The Morgan fingerprint density at radius 1 is 1.00 bits per heavy atom. The molecule has 2 unspecified atom stereocenters. The van der Waals surface area contributed by atoms with E-state index in [0.29, 0.717) is 0 Å². The van der Waals surface area contributed by atoms with Gasteiger partial charge in [0.2, 0.25) is 0 Å². The molecule has 0 aromatic heterocycles. The van der Waals surface area contributed by atoms with Crippen LogP contribution in [-0.4, -0.2) is 12.1 Å². The van der Waals surface area contributed by atoms with Crippen LogP contribution >= 0.6 is 0 Å². The van der Waals surface area contributed by atoms with Crippen LogP contribution in [0.25, 0.3) is 20.9 Å². The van der Waals surface area contributed by atoms with Crippen LogP contribution in [0, 0.1) is 0 Å². The summed E-state index contributed by atoms with van der Waals surface area (Å²) < 4.78 is 0. The molecule has 0 aromatic carbocycles. The molecule has 0 N–H and O–H groups in total. The van der Waals surface area contributed by atoms with E-state index in [-0.39, 0.29) is 12.1 Å². The van der Waals surface area contributed by atoms with Crippen LogP contribution in [0.2, 0.25) is 0 Å². The molecule has 0 heterocycles. The van der Waals surface area contributed by atoms with Crippen molar-refractivity contribution in [2.24, 2.45) is 10.2 Å². The highest BCUT2D eigenvalue weighted by molar-refractivity contribution is 4.88. The van der Waals surface area contributed by atoms with Gasteiger partial charge in [-0.1, -0.05) is 16.6 Å². The van der Waals surface area contributed by atoms with E-state index >= 15 is 0 Å². The fraction of sp³-hybridized carbons (Fsp3) is 1.00. The molecule has 1 aliphatic rings. The third-order valence-electron chi connectivity index (χ3n) is 1.84. The van der Waals surface area contributed by atoms with E-state index in [1.807, 2.05) is 0 Å². The molecule has 0 radical (unpaired) electrons. The quantitative estimate of drug-likeness (QED) is 0.330. The van der Waals surface area contributed by atoms with Crippen molar-refractivity contribution in [1.82, 2.24) is 0 Å². The van der Waals surface area contributed by atoms with Crippen LogP contribution in [0.4, 0.5) is 0 Å². The first kappa shape index (κ1) is 7.72. The molecule has 11 heavy (non-hydrogen) atoms. The van der Waals surface area contributed by atoms with Crippen molar-refractivity contribution in [2.75, 3.05) is 0 Å². The maximum Gasteiger partial charge on any atom is 0.0458 e. The molecular formula is C5H8N6. The highest BCUT2D eigenvalue weighted by atomic mass is 15.2. The molecule has 1 saturated carbocycles. The van der Waals surface area contributed by atoms with Crippen molar-refractivity contribution >= 4 is 0 Å². The maximum absolute atomic E-state index is 8.14. The third-order valence-corrected chi connectivity index (χ3v) is 1.84. The first-order valence-electron chi connectivity index (χ1n) is 3.47. The van der Waals surface area contributed by atoms with Gasteiger partial charge in [0.05, 0.1) is 0 Å². The first-order valence-corrected chi connectivity index (χ1v) is 3.47. The highest BCUT2D eigenvalue weighted by Gasteiger charge is 2.24. The lowest BCUT2D eigenvalue weighted by Crippen LogP contribution is -2.12. The van der Waals surface area contributed by atoms with Crippen LogP contribution in [0.5, 0.6) is 0 Å². The number of nitrogens with zero attached hydrogens (tertiary/aromatic N) is 6. The average molecular weight is 152 g/mol. The molecule has 0 aromatic rings. The van der Waals surface area contributed by atoms with Gasteiger partial charge in [-0.25, -0.2) is 0 Å². The van der Waals surface area contributed by atoms with Gasteiger partial charge in [-0.2, -0.15) is 0 Å². The molecule has 1 aliphatic carbocycles. The van der Waals surface area contributed by atoms with Gasteiger partial charge in [-0.05, 0) is 23.9 Å². The lowest BCUT2D eigenvalue weighted by Gasteiger charge is -2.05. The Kier molecular flexibility index (Phi) is 2.60. The molecular weight excluding hydrogens is 144 g/mol. The Morgan fingerprint density at radius 2 is 1.45 bits per heavy atom. The zero-order chi connectivity index (χ0) is 8.10. The van der Waals surface area contributed by atoms with Crippen molar-refractivity contribution in [3.8, 4) is 0 Å². The van der Waals surface area contributed by atoms with E-state index in [4.69, 9.17) is 11.1 Å². The summed E-state index contributed by atoms with van der Waals surface area (Å²) in [6.45, 7) is 0. The van der Waals surface area contributed by atoms with Crippen LogP contribution in [-0.2, 0) is 0 Å². The molecule has 0 amide bonds. The molecule has 6 nitrogen and oxygen atoms in total. The van der Waals surface area contributed by atoms with Crippen molar-refractivity contribution in [2.45, 2.75) is 31.3 Å². The summed E-state index contributed by atoms with van der Waals surface area (Å²) in [5, 5.41) is 7.08. The van der Waals surface area contributed by atoms with Crippen LogP contribution in [0.3, 0.4) is 0 Å². The topological polar surface area (TPSA) is 97.5 Å². The largest absolute Gasteiger partial charge is 0.0902 e. The van der Waals surface area contributed by atoms with E-state index < -0.39 is 0 Å². The molecule has 0 saturated heterocycles. The number of hydrogen-bond acceptors (Lipinski definition) is 2. The molecule has 58 valence electrons. The smallest absolute Gasteiger partial charge is 0.0458 e. The van der Waals surface area contributed by atoms with E-state index in [0.717, 1.165) is 19.3 Å². The molecule has 2 atom stereocenters. The van der Waals surface area contributed by atoms with Gasteiger partial charge in [0.1, 0.15) is 0 Å². The van der Waals surface area contributed by atoms with Gasteiger partial charge in [0.15, 0.2) is 0 Å². The standard InChI is InChI=1S/C5H8N6/c6-10-8-4-2-1-3-5(4)9-11-7/h4-5H,1-3H2. The fourth-order valence-corrected chi connectivity index (χ4v) is 1.32. The zero-order valence-corrected chi connectivity index (χ0v) is 5.96. The summed E-state index contributed by atoms with van der Waals surface area (Å²) in [7, 11) is 0. The Morgan fingerprint density at radius 3 is 1.82 bits per heavy atom. The molecule has 6 heteroatoms. The summed E-state index contributed by atoms with van der Waals surface area (Å²) in [4.78, 5) is 5.38. The Labute approximate surface area is 63.5 Å². The summed E-state index contributed by atoms with van der Waals surface area (Å²) in [5.41, 5.74) is 16.3. The van der Waals surface area contributed by atoms with Crippen LogP contribution < -0.4 is 0 Å². The second kappa shape index (κ2) is 3.71. The van der Waals surface area contributed by atoms with Gasteiger partial charge in [-0.15, -0.1) is 0 Å². The summed E-state index contributed by atoms with van der Waals surface area (Å²) in [6, 6.07) is -0.230. The van der Waals surface area contributed by atoms with E-state index in [1.165, 1.54) is 0 Å². The van der Waals surface area contributed by atoms with Crippen LogP contribution in [0.1, 0.15) is 19.3 Å². The van der Waals surface area contributed by atoms with Gasteiger partial charge in [0, 0.05) is 21.9 Å². The van der Waals surface area contributed by atoms with Crippen molar-refractivity contribution in [3.05, 3.63) is 20.9 Å². The van der Waals surface area contributed by atoms with Gasteiger partial charge < -0.3 is 0 Å². The predicted octanol–water partition coefficient (Wildman–Crippen LogP) is 2.53. The minimum atomic E-state index is -0.115. The third kappa shape index (κ3) is 1.77. The Bertz CT molecular complexity index is 199. The monoisotopic (exact) mass is 152 g/mol. The van der Waals surface area contributed by atoms with Gasteiger partial charge in [-0.3, -0.25) is 0 Å². The first-order chi connectivity index (χ1) is 5.38. The summed E-state index contributed by atoms with van der Waals surface area (Å²) in [6.07, 6.45) is 2.66. The molecule has 0 spiro atoms. The summed E-state index contributed by atoms with van der Waals surface area (Å²) >= 11 is 0. The average Bonchev–Trinajstić information content (AvgIpc) is 2.39. The second-order valence-electron chi connectivity index (χ2n) is 2.48. The second-order valence-corrected chi connectivity index (χ2v) is 2.48. The Hall–Kier alpha value is -1.38. The Balaban J connectivity index is 2.64. The predicted molar refractivity (Wildman–Crippen MR) is 39.7 cm³/mol. The minimum Gasteiger partial charge on any atom is -0.0902 e. The highest BCUT2D eigenvalue weighted by Crippen LogP contribution is 2.24. The maximum atomic E-state index is 8.14. The van der Waals surface area contributed by atoms with Crippen LogP contribution in [0.15, 0.2) is 10.2 Å². The van der Waals surface area contributed by atoms with Crippen molar-refractivity contribution < 1.29 is 0 Å². The molecule has 1 rings (SSSR count). The van der Waals surface area contributed by atoms with E-state index in [1.54, 1.807) is 0 Å². The number of rotatable bonds is 2. The lowest BCUT2D eigenvalue weighted by atomic mass is 10.2. The van der Waals surface area contributed by atoms with Gasteiger partial charge >= 0.3 is 0 Å². The minimum absolute atomic E-state index is 0.115. The van der Waals surface area contributed by atoms with E-state index in [2.05, 4.69) is 20.1 Å². The van der Waals surface area contributed by atoms with Gasteiger partial charge in [0.25, 0.3) is 0 Å².